The van der Waals surface area contributed by atoms with E-state index in [4.69, 9.17) is 4.74 Å². The third-order valence-electron chi connectivity index (χ3n) is 2.04. The summed E-state index contributed by atoms with van der Waals surface area (Å²) in [5.41, 5.74) is -0.588. The molecule has 71 valence electrons. The van der Waals surface area contributed by atoms with Gasteiger partial charge in [0.15, 0.2) is 0 Å². The van der Waals surface area contributed by atoms with Gasteiger partial charge in [-0.3, -0.25) is 0 Å². The Balaban J connectivity index is 0. The van der Waals surface area contributed by atoms with Gasteiger partial charge in [0, 0.05) is 42.2 Å². The number of rotatable bonds is 6. The largest absolute Gasteiger partial charge is 0.388 e. The molecule has 0 aromatic carbocycles. The van der Waals surface area contributed by atoms with E-state index < -0.39 is 5.60 Å². The molecule has 0 amide bonds. The fourth-order valence-corrected chi connectivity index (χ4v) is 0.861. The van der Waals surface area contributed by atoms with Gasteiger partial charge in [-0.25, -0.2) is 0 Å². The molecule has 0 bridgehead atoms. The van der Waals surface area contributed by atoms with E-state index in [1.807, 2.05) is 13.8 Å². The summed E-state index contributed by atoms with van der Waals surface area (Å²) in [6, 6.07) is 0. The Morgan fingerprint density at radius 2 is 1.67 bits per heavy atom. The Bertz CT molecular complexity index is 92.5. The molecule has 0 heterocycles. The minimum atomic E-state index is -0.588. The van der Waals surface area contributed by atoms with Crippen LogP contribution < -0.4 is 0 Å². The standard InChI is InChI=1S/C9H20O2.La/c1-4-7-11-8-9(10,5-2)6-3;/h10H,4-8H2,1-3H3;. The van der Waals surface area contributed by atoms with Crippen LogP contribution in [-0.4, -0.2) is 23.9 Å². The van der Waals surface area contributed by atoms with Crippen LogP contribution in [0, 0.1) is 35.6 Å². The van der Waals surface area contributed by atoms with Crippen molar-refractivity contribution in [3.63, 3.8) is 0 Å². The zero-order chi connectivity index (χ0) is 8.74. The molecule has 1 radical (unpaired) electrons. The monoisotopic (exact) mass is 299 g/mol. The van der Waals surface area contributed by atoms with E-state index in [1.54, 1.807) is 0 Å². The van der Waals surface area contributed by atoms with E-state index in [0.717, 1.165) is 25.9 Å². The molecular weight excluding hydrogens is 279 g/mol. The quantitative estimate of drug-likeness (QED) is 0.760. The zero-order valence-electron chi connectivity index (χ0n) is 8.47. The predicted octanol–water partition coefficient (Wildman–Crippen LogP) is 1.96. The maximum absolute atomic E-state index is 9.73. The minimum Gasteiger partial charge on any atom is -0.388 e. The Hall–Kier alpha value is 1.11. The SMILES string of the molecule is CCCOCC(O)(CC)CC.[La]. The van der Waals surface area contributed by atoms with E-state index in [-0.39, 0.29) is 35.6 Å². The fourth-order valence-electron chi connectivity index (χ4n) is 0.861. The van der Waals surface area contributed by atoms with Gasteiger partial charge >= 0.3 is 0 Å². The third-order valence-corrected chi connectivity index (χ3v) is 2.04. The second-order valence-electron chi connectivity index (χ2n) is 2.98. The molecule has 0 aromatic heterocycles. The molecule has 0 atom stereocenters. The van der Waals surface area contributed by atoms with Gasteiger partial charge in [-0.1, -0.05) is 20.8 Å². The summed E-state index contributed by atoms with van der Waals surface area (Å²) >= 11 is 0. The van der Waals surface area contributed by atoms with E-state index in [0.29, 0.717) is 6.61 Å². The Kier molecular flexibility index (Phi) is 11.3. The van der Waals surface area contributed by atoms with Crippen LogP contribution >= 0.6 is 0 Å². The van der Waals surface area contributed by atoms with Crippen molar-refractivity contribution in [2.75, 3.05) is 13.2 Å². The van der Waals surface area contributed by atoms with Crippen molar-refractivity contribution in [3.8, 4) is 0 Å². The van der Waals surface area contributed by atoms with Crippen LogP contribution in [0.15, 0.2) is 0 Å². The van der Waals surface area contributed by atoms with Crippen molar-refractivity contribution in [3.05, 3.63) is 0 Å². The number of ether oxygens (including phenoxy) is 1. The first kappa shape index (κ1) is 15.6. The minimum absolute atomic E-state index is 0. The van der Waals surface area contributed by atoms with Crippen molar-refractivity contribution < 1.29 is 45.4 Å². The predicted molar refractivity (Wildman–Crippen MR) is 46.6 cm³/mol. The molecule has 0 spiro atoms. The van der Waals surface area contributed by atoms with Crippen LogP contribution in [0.4, 0.5) is 0 Å². The summed E-state index contributed by atoms with van der Waals surface area (Å²) in [4.78, 5) is 0. The van der Waals surface area contributed by atoms with Crippen molar-refractivity contribution in [2.45, 2.75) is 45.6 Å². The second kappa shape index (κ2) is 8.70. The van der Waals surface area contributed by atoms with Gasteiger partial charge in [-0.05, 0) is 19.3 Å². The van der Waals surface area contributed by atoms with E-state index in [1.165, 1.54) is 0 Å². The molecule has 0 aromatic rings. The molecule has 3 heteroatoms. The Labute approximate surface area is 104 Å². The molecule has 0 unspecified atom stereocenters. The summed E-state index contributed by atoms with van der Waals surface area (Å²) in [6.45, 7) is 7.27. The van der Waals surface area contributed by atoms with Gasteiger partial charge in [0.1, 0.15) is 0 Å². The zero-order valence-corrected chi connectivity index (χ0v) is 12.1. The van der Waals surface area contributed by atoms with Crippen LogP contribution in [0.1, 0.15) is 40.0 Å². The molecule has 0 rings (SSSR count). The van der Waals surface area contributed by atoms with Crippen LogP contribution in [0.5, 0.6) is 0 Å². The average molecular weight is 299 g/mol. The summed E-state index contributed by atoms with van der Waals surface area (Å²) in [6.07, 6.45) is 2.56. The van der Waals surface area contributed by atoms with Crippen molar-refractivity contribution in [1.82, 2.24) is 0 Å². The van der Waals surface area contributed by atoms with E-state index in [9.17, 15) is 5.11 Å². The maximum atomic E-state index is 9.73. The molecular formula is C9H20LaO2. The number of aliphatic hydroxyl groups is 1. The first-order valence-electron chi connectivity index (χ1n) is 4.48. The molecule has 0 saturated carbocycles. The summed E-state index contributed by atoms with van der Waals surface area (Å²) in [7, 11) is 0. The van der Waals surface area contributed by atoms with Crippen LogP contribution in [-0.2, 0) is 4.74 Å². The van der Waals surface area contributed by atoms with Gasteiger partial charge in [0.25, 0.3) is 0 Å². The smallest absolute Gasteiger partial charge is 0.0874 e. The Morgan fingerprint density at radius 3 is 2.00 bits per heavy atom. The molecule has 12 heavy (non-hydrogen) atoms. The molecule has 2 nitrogen and oxygen atoms in total. The van der Waals surface area contributed by atoms with Gasteiger partial charge in [0.05, 0.1) is 12.2 Å². The van der Waals surface area contributed by atoms with Crippen LogP contribution in [0.2, 0.25) is 0 Å². The third kappa shape index (κ3) is 6.61. The van der Waals surface area contributed by atoms with E-state index in [2.05, 4.69) is 6.92 Å². The van der Waals surface area contributed by atoms with Crippen LogP contribution in [0.3, 0.4) is 0 Å². The summed E-state index contributed by atoms with van der Waals surface area (Å²) < 4.78 is 5.28. The molecule has 0 aliphatic heterocycles. The normalized spacial score (nSPS) is 11.0. The van der Waals surface area contributed by atoms with Gasteiger partial charge < -0.3 is 9.84 Å². The van der Waals surface area contributed by atoms with Gasteiger partial charge in [-0.2, -0.15) is 0 Å². The Morgan fingerprint density at radius 1 is 1.17 bits per heavy atom. The van der Waals surface area contributed by atoms with Gasteiger partial charge in [0.2, 0.25) is 0 Å². The molecule has 1 N–H and O–H groups in total. The number of hydrogen-bond acceptors (Lipinski definition) is 2. The summed E-state index contributed by atoms with van der Waals surface area (Å²) in [5, 5.41) is 9.73. The number of hydrogen-bond donors (Lipinski definition) is 1. The first-order chi connectivity index (χ1) is 5.18. The summed E-state index contributed by atoms with van der Waals surface area (Å²) in [5.74, 6) is 0. The molecule has 0 fully saturated rings. The maximum Gasteiger partial charge on any atom is 0.0874 e. The topological polar surface area (TPSA) is 29.5 Å². The average Bonchev–Trinajstić information content (AvgIpc) is 2.05. The van der Waals surface area contributed by atoms with E-state index >= 15 is 0 Å². The molecule has 0 saturated heterocycles. The first-order valence-corrected chi connectivity index (χ1v) is 4.48. The second-order valence-corrected chi connectivity index (χ2v) is 2.98. The van der Waals surface area contributed by atoms with Crippen molar-refractivity contribution in [1.29, 1.82) is 0 Å². The van der Waals surface area contributed by atoms with Gasteiger partial charge in [-0.15, -0.1) is 0 Å². The van der Waals surface area contributed by atoms with Crippen molar-refractivity contribution >= 4 is 0 Å². The molecule has 0 aliphatic rings. The van der Waals surface area contributed by atoms with Crippen molar-refractivity contribution in [2.24, 2.45) is 0 Å². The molecule has 0 aliphatic carbocycles. The van der Waals surface area contributed by atoms with Crippen LogP contribution in [0.25, 0.3) is 0 Å². The fraction of sp³-hybridized carbons (Fsp3) is 1.00.